The Kier molecular flexibility index (Phi) is 8.82. The van der Waals surface area contributed by atoms with Gasteiger partial charge < -0.3 is 30.9 Å². The smallest absolute Gasteiger partial charge is 0.323 e. The van der Waals surface area contributed by atoms with Crippen molar-refractivity contribution < 1.29 is 23.9 Å². The van der Waals surface area contributed by atoms with Crippen LogP contribution in [0.5, 0.6) is 0 Å². The van der Waals surface area contributed by atoms with Crippen LogP contribution in [0.3, 0.4) is 0 Å². The SMILES string of the molecule is Cc1ccc(NC(=O)Nc2ccc(CNC(=O)C3(C)CC4(C)CC(C)(C3)C(=O)NC4=O)cc2)cc1Nc1nccc(N2CCOCC2)n1. The molecule has 3 heterocycles. The van der Waals surface area contributed by atoms with Crippen LogP contribution in [0.1, 0.15) is 51.2 Å². The molecule has 2 bridgehead atoms. The van der Waals surface area contributed by atoms with Gasteiger partial charge in [0.1, 0.15) is 5.82 Å². The molecule has 2 aromatic carbocycles. The Bertz CT molecular complexity index is 1710. The second-order valence-corrected chi connectivity index (χ2v) is 13.9. The van der Waals surface area contributed by atoms with E-state index in [2.05, 4.69) is 41.5 Å². The summed E-state index contributed by atoms with van der Waals surface area (Å²) in [5.41, 5.74) is 1.33. The highest BCUT2D eigenvalue weighted by molar-refractivity contribution is 6.04. The van der Waals surface area contributed by atoms with E-state index in [0.29, 0.717) is 49.8 Å². The van der Waals surface area contributed by atoms with Crippen LogP contribution in [0.15, 0.2) is 54.7 Å². The summed E-state index contributed by atoms with van der Waals surface area (Å²) in [6.45, 7) is 10.6. The van der Waals surface area contributed by atoms with E-state index in [-0.39, 0.29) is 24.3 Å². The lowest BCUT2D eigenvalue weighted by Crippen LogP contribution is -2.63. The fourth-order valence-electron chi connectivity index (χ4n) is 7.39. The van der Waals surface area contributed by atoms with Gasteiger partial charge in [-0.3, -0.25) is 19.7 Å². The summed E-state index contributed by atoms with van der Waals surface area (Å²) in [6.07, 6.45) is 2.90. The minimum absolute atomic E-state index is 0.188. The molecule has 13 heteroatoms. The third-order valence-corrected chi connectivity index (χ3v) is 9.60. The molecule has 2 aliphatic heterocycles. The lowest BCUT2D eigenvalue weighted by molar-refractivity contribution is -0.164. The second-order valence-electron chi connectivity index (χ2n) is 13.9. The summed E-state index contributed by atoms with van der Waals surface area (Å²) in [7, 11) is 0. The number of aryl methyl sites for hydroxylation is 1. The molecule has 2 atom stereocenters. The molecule has 0 radical (unpaired) electrons. The molecule has 2 saturated heterocycles. The first-order valence-corrected chi connectivity index (χ1v) is 16.2. The molecule has 1 aromatic heterocycles. The van der Waals surface area contributed by atoms with E-state index in [0.717, 1.165) is 35.7 Å². The number of ether oxygens (including phenoxy) is 1. The van der Waals surface area contributed by atoms with Gasteiger partial charge in [0.05, 0.1) is 13.2 Å². The van der Waals surface area contributed by atoms with Gasteiger partial charge in [-0.05, 0) is 67.6 Å². The zero-order chi connectivity index (χ0) is 34.1. The van der Waals surface area contributed by atoms with E-state index < -0.39 is 22.3 Å². The number of morpholine rings is 1. The van der Waals surface area contributed by atoms with E-state index in [4.69, 9.17) is 4.74 Å². The largest absolute Gasteiger partial charge is 0.378 e. The molecule has 13 nitrogen and oxygen atoms in total. The summed E-state index contributed by atoms with van der Waals surface area (Å²) in [5, 5.41) is 14.5. The molecule has 5 amide bonds. The first kappa shape index (κ1) is 32.9. The molecule has 1 aliphatic carbocycles. The fraction of sp³-hybridized carbons (Fsp3) is 0.429. The second kappa shape index (κ2) is 12.9. The third-order valence-electron chi connectivity index (χ3n) is 9.60. The number of rotatable bonds is 8. The molecular weight excluding hydrogens is 612 g/mol. The Labute approximate surface area is 279 Å². The Morgan fingerprint density at radius 2 is 1.54 bits per heavy atom. The molecule has 3 aromatic rings. The van der Waals surface area contributed by atoms with Gasteiger partial charge in [-0.1, -0.05) is 39.0 Å². The highest BCUT2D eigenvalue weighted by Gasteiger charge is 2.60. The monoisotopic (exact) mass is 654 g/mol. The van der Waals surface area contributed by atoms with E-state index in [1.165, 1.54) is 0 Å². The number of aromatic nitrogens is 2. The third kappa shape index (κ3) is 6.96. The van der Waals surface area contributed by atoms with Crippen molar-refractivity contribution in [2.24, 2.45) is 16.2 Å². The van der Waals surface area contributed by atoms with Gasteiger partial charge in [0, 0.05) is 59.1 Å². The van der Waals surface area contributed by atoms with Gasteiger partial charge in [-0.25, -0.2) is 9.78 Å². The van der Waals surface area contributed by atoms with Gasteiger partial charge in [0.25, 0.3) is 0 Å². The van der Waals surface area contributed by atoms with Gasteiger partial charge >= 0.3 is 6.03 Å². The van der Waals surface area contributed by atoms with Crippen LogP contribution in [0, 0.1) is 23.2 Å². The number of carbonyl (C=O) groups excluding carboxylic acids is 4. The maximum Gasteiger partial charge on any atom is 0.323 e. The van der Waals surface area contributed by atoms with Gasteiger partial charge in [0.2, 0.25) is 23.7 Å². The summed E-state index contributed by atoms with van der Waals surface area (Å²) >= 11 is 0. The number of urea groups is 1. The number of hydrogen-bond acceptors (Lipinski definition) is 9. The van der Waals surface area contributed by atoms with Crippen molar-refractivity contribution in [1.82, 2.24) is 20.6 Å². The number of imide groups is 1. The van der Waals surface area contributed by atoms with Crippen LogP contribution >= 0.6 is 0 Å². The topological polar surface area (TPSA) is 167 Å². The van der Waals surface area contributed by atoms with Crippen LogP contribution in [-0.4, -0.2) is 60.0 Å². The van der Waals surface area contributed by atoms with Crippen molar-refractivity contribution in [3.05, 3.63) is 65.9 Å². The van der Waals surface area contributed by atoms with Crippen molar-refractivity contribution in [2.45, 2.75) is 53.5 Å². The molecule has 0 spiro atoms. The number of hydrogen-bond donors (Lipinski definition) is 5. The van der Waals surface area contributed by atoms with Crippen LogP contribution in [0.25, 0.3) is 0 Å². The van der Waals surface area contributed by atoms with Gasteiger partial charge in [0.15, 0.2) is 0 Å². The lowest BCUT2D eigenvalue weighted by atomic mass is 9.52. The van der Waals surface area contributed by atoms with Crippen LogP contribution < -0.4 is 31.5 Å². The number of nitrogens with one attached hydrogen (secondary N) is 5. The van der Waals surface area contributed by atoms with E-state index in [1.807, 2.05) is 64.1 Å². The number of piperidine rings is 1. The molecule has 5 N–H and O–H groups in total. The average molecular weight is 655 g/mol. The molecule has 48 heavy (non-hydrogen) atoms. The van der Waals surface area contributed by atoms with E-state index in [1.54, 1.807) is 18.3 Å². The Hall–Kier alpha value is -5.04. The maximum atomic E-state index is 13.4. The number of nitrogens with zero attached hydrogens (tertiary/aromatic N) is 3. The van der Waals surface area contributed by atoms with Crippen molar-refractivity contribution in [3.8, 4) is 0 Å². The number of benzene rings is 2. The van der Waals surface area contributed by atoms with Crippen LogP contribution in [0.4, 0.5) is 33.6 Å². The Morgan fingerprint density at radius 1 is 0.896 bits per heavy atom. The Morgan fingerprint density at radius 3 is 2.23 bits per heavy atom. The number of amides is 5. The number of fused-ring (bicyclic) bond motifs is 2. The molecule has 1 saturated carbocycles. The predicted molar refractivity (Wildman–Crippen MR) is 182 cm³/mol. The molecule has 2 unspecified atom stereocenters. The molecule has 252 valence electrons. The van der Waals surface area contributed by atoms with Crippen molar-refractivity contribution in [2.75, 3.05) is 47.2 Å². The highest BCUT2D eigenvalue weighted by atomic mass is 16.5. The summed E-state index contributed by atoms with van der Waals surface area (Å²) in [6, 6.07) is 14.2. The predicted octanol–water partition coefficient (Wildman–Crippen LogP) is 4.48. The van der Waals surface area contributed by atoms with Crippen molar-refractivity contribution in [3.63, 3.8) is 0 Å². The number of carbonyl (C=O) groups is 4. The Balaban J connectivity index is 1.02. The quantitative estimate of drug-likeness (QED) is 0.220. The minimum Gasteiger partial charge on any atom is -0.378 e. The average Bonchev–Trinajstić information content (AvgIpc) is 3.05. The van der Waals surface area contributed by atoms with Gasteiger partial charge in [-0.2, -0.15) is 4.98 Å². The summed E-state index contributed by atoms with van der Waals surface area (Å²) < 4.78 is 5.44. The fourth-order valence-corrected chi connectivity index (χ4v) is 7.39. The standard InChI is InChI=1S/C35H42N8O5/c1-22-5-8-25(17-26(22)40-31-36-12-11-27(41-31)43-13-15-48-16-14-43)39-32(47)38-24-9-6-23(7-10-24)18-37-28(44)33(2)19-34(3)21-35(4,20-33)30(46)42-29(34)45/h5-12,17H,13-16,18-21H2,1-4H3,(H,37,44)(H,36,40,41)(H2,38,39,47)(H,42,45,46). The van der Waals surface area contributed by atoms with Crippen molar-refractivity contribution in [1.29, 1.82) is 0 Å². The molecule has 3 aliphatic rings. The normalized spacial score (nSPS) is 25.1. The lowest BCUT2D eigenvalue weighted by Gasteiger charge is -2.53. The van der Waals surface area contributed by atoms with Crippen LogP contribution in [0.2, 0.25) is 0 Å². The maximum absolute atomic E-state index is 13.4. The zero-order valence-corrected chi connectivity index (χ0v) is 27.7. The summed E-state index contributed by atoms with van der Waals surface area (Å²) in [5.74, 6) is 0.479. The van der Waals surface area contributed by atoms with Crippen molar-refractivity contribution >= 4 is 52.6 Å². The highest BCUT2D eigenvalue weighted by Crippen LogP contribution is 2.56. The first-order chi connectivity index (χ1) is 22.8. The van der Waals surface area contributed by atoms with Gasteiger partial charge in [-0.15, -0.1) is 0 Å². The zero-order valence-electron chi connectivity index (χ0n) is 27.7. The first-order valence-electron chi connectivity index (χ1n) is 16.2. The number of anilines is 5. The molecular formula is C35H42N8O5. The molecule has 3 fully saturated rings. The molecule has 6 rings (SSSR count). The summed E-state index contributed by atoms with van der Waals surface area (Å²) in [4.78, 5) is 62.7. The minimum atomic E-state index is -0.861. The van der Waals surface area contributed by atoms with E-state index in [9.17, 15) is 19.2 Å². The van der Waals surface area contributed by atoms with Crippen LogP contribution in [-0.2, 0) is 25.7 Å². The van der Waals surface area contributed by atoms with E-state index >= 15 is 0 Å².